The summed E-state index contributed by atoms with van der Waals surface area (Å²) in [5, 5.41) is 35.7. The zero-order valence-electron chi connectivity index (χ0n) is 44.6. The average molecular weight is 1120 g/mol. The number of likely N-dealkylation sites (tertiary alicyclic amines) is 1. The van der Waals surface area contributed by atoms with E-state index < -0.39 is 51.4 Å². The summed E-state index contributed by atoms with van der Waals surface area (Å²) in [5.74, 6) is -0.794. The molecule has 3 rings (SSSR count). The number of aliphatic carboxylic acids is 1. The average Bonchev–Trinajstić information content (AvgIpc) is 3.92. The van der Waals surface area contributed by atoms with Crippen LogP contribution < -0.4 is 42.5 Å². The van der Waals surface area contributed by atoms with Gasteiger partial charge in [-0.25, -0.2) is 9.59 Å². The van der Waals surface area contributed by atoms with Gasteiger partial charge >= 0.3 is 22.0 Å². The molecule has 27 heteroatoms. The molecule has 0 radical (unpaired) electrons. The highest BCUT2D eigenvalue weighted by Gasteiger charge is 2.42. The van der Waals surface area contributed by atoms with Crippen molar-refractivity contribution in [1.82, 2.24) is 47.4 Å². The topological polar surface area (TPSA) is 333 Å². The van der Waals surface area contributed by atoms with E-state index in [2.05, 4.69) is 71.3 Å². The van der Waals surface area contributed by atoms with Crippen LogP contribution in [-0.4, -0.2) is 191 Å². The lowest BCUT2D eigenvalue weighted by molar-refractivity contribution is -0.142. The van der Waals surface area contributed by atoms with Gasteiger partial charge in [0.15, 0.2) is 0 Å². The molecule has 0 aromatic rings. The second-order valence-electron chi connectivity index (χ2n) is 19.9. The number of hydrogen-bond donors (Lipinski definition) is 9. The minimum atomic E-state index is -1.43. The molecule has 0 saturated carbocycles. The summed E-state index contributed by atoms with van der Waals surface area (Å²) >= 11 is 3.44. The molecular formula is C48H86N12O12S2Si. The molecule has 7 atom stereocenters. The number of urea groups is 1. The van der Waals surface area contributed by atoms with Gasteiger partial charge in [-0.15, -0.1) is 0 Å². The van der Waals surface area contributed by atoms with E-state index in [1.54, 1.807) is 11.8 Å². The monoisotopic (exact) mass is 1110 g/mol. The van der Waals surface area contributed by atoms with Crippen molar-refractivity contribution < 1.29 is 57.1 Å². The molecule has 0 bridgehead atoms. The quantitative estimate of drug-likeness (QED) is 0.0105. The first-order chi connectivity index (χ1) is 36.0. The van der Waals surface area contributed by atoms with Crippen molar-refractivity contribution in [3.63, 3.8) is 0 Å². The molecule has 3 aliphatic heterocycles. The first kappa shape index (κ1) is 64.9. The van der Waals surface area contributed by atoms with Gasteiger partial charge in [-0.1, -0.05) is 24.4 Å². The van der Waals surface area contributed by atoms with Crippen molar-refractivity contribution in [2.45, 2.75) is 178 Å². The molecule has 0 aromatic carbocycles. The zero-order chi connectivity index (χ0) is 54.9. The first-order valence-electron chi connectivity index (χ1n) is 26.7. The molecule has 3 fully saturated rings. The smallest absolute Gasteiger partial charge is 0.326 e. The van der Waals surface area contributed by atoms with E-state index in [0.717, 1.165) is 56.5 Å². The summed E-state index contributed by atoms with van der Waals surface area (Å²) in [6, 6.07) is -0.990. The maximum absolute atomic E-state index is 13.1. The number of rotatable bonds is 41. The summed E-state index contributed by atoms with van der Waals surface area (Å²) in [5.41, 5.74) is 7.96. The van der Waals surface area contributed by atoms with Crippen LogP contribution in [0.3, 0.4) is 0 Å². The molecule has 8 amide bonds. The normalized spacial score (nSPS) is 20.2. The van der Waals surface area contributed by atoms with Gasteiger partial charge in [-0.3, -0.25) is 33.7 Å². The number of ether oxygens (including phenoxy) is 1. The molecule has 9 N–H and O–H groups in total. The summed E-state index contributed by atoms with van der Waals surface area (Å²) in [4.78, 5) is 104. The molecule has 75 heavy (non-hydrogen) atoms. The summed E-state index contributed by atoms with van der Waals surface area (Å²) in [6.07, 6.45) is 9.91. The van der Waals surface area contributed by atoms with E-state index in [-0.39, 0.29) is 101 Å². The number of carbonyl (C=O) groups excluding carboxylic acids is 7. The Bertz CT molecular complexity index is 1850. The van der Waals surface area contributed by atoms with Gasteiger partial charge in [0.05, 0.1) is 44.0 Å². The van der Waals surface area contributed by atoms with Gasteiger partial charge in [0, 0.05) is 85.8 Å². The van der Waals surface area contributed by atoms with E-state index in [4.69, 9.17) is 19.1 Å². The highest BCUT2D eigenvalue weighted by atomic mass is 32.2. The number of azide groups is 1. The number of amides is 8. The second kappa shape index (κ2) is 37.4. The highest BCUT2D eigenvalue weighted by molar-refractivity contribution is 8.00. The third kappa shape index (κ3) is 28.5. The van der Waals surface area contributed by atoms with Gasteiger partial charge in [0.25, 0.3) is 0 Å². The Morgan fingerprint density at radius 1 is 0.827 bits per heavy atom. The van der Waals surface area contributed by atoms with Gasteiger partial charge in [-0.05, 0) is 103 Å². The number of carboxylic acid groups (broad SMARTS) is 1. The largest absolute Gasteiger partial charge is 0.480 e. The van der Waals surface area contributed by atoms with Crippen molar-refractivity contribution in [3.8, 4) is 0 Å². The van der Waals surface area contributed by atoms with E-state index >= 15 is 0 Å². The molecular weight excluding hydrogens is 1030 g/mol. The lowest BCUT2D eigenvalue weighted by Gasteiger charge is -2.38. The van der Waals surface area contributed by atoms with Gasteiger partial charge in [0.2, 0.25) is 35.4 Å². The van der Waals surface area contributed by atoms with Crippen LogP contribution in [0.1, 0.15) is 130 Å². The predicted octanol–water partition coefficient (Wildman–Crippen LogP) is 1.88. The number of fused-ring (bicyclic) bond motifs is 1. The first-order valence-corrected chi connectivity index (χ1v) is 30.1. The molecule has 3 heterocycles. The van der Waals surface area contributed by atoms with Gasteiger partial charge in [-0.2, -0.15) is 23.5 Å². The number of nitrogens with zero attached hydrogens (tertiary/aromatic N) is 4. The zero-order valence-corrected chi connectivity index (χ0v) is 47.6. The third-order valence-corrected chi connectivity index (χ3v) is 17.0. The standard InChI is InChI=1S/C48H86N12O12S2Si/c1-33-13-11-14-34(2)60(33)30-43(65)51-23-19-40(62)53-29-42(64)55-35(15-8-10-22-54-59-49)45(66)52-24-26-71-75-72-48(3,4)32-70-25-12-27-73-28-20-41(63)56-36(46(67)68)16-7-9-21-50-39(61)18-6-5-17-38-44-37(31-74-38)57-47(69)58-44/h33-38,44H,5-32,75H2,1-4H3,(H,50,61)(H,51,65)(H,52,66)(H,53,62)(H,55,64)(H,56,63)(H,67,68)(H2,57,58,69)/t33?,34?,35-,36-,37?,38?,44?/m0/s1. The van der Waals surface area contributed by atoms with Crippen molar-refractivity contribution >= 4 is 81.0 Å². The number of thioether (sulfide) groups is 2. The Morgan fingerprint density at radius 2 is 1.55 bits per heavy atom. The van der Waals surface area contributed by atoms with E-state index in [0.29, 0.717) is 74.9 Å². The van der Waals surface area contributed by atoms with Crippen LogP contribution in [0.15, 0.2) is 5.11 Å². The van der Waals surface area contributed by atoms with Crippen molar-refractivity contribution in [2.24, 2.45) is 5.11 Å². The number of carbonyl (C=O) groups is 8. The Kier molecular flexibility index (Phi) is 32.4. The molecule has 3 saturated heterocycles. The minimum Gasteiger partial charge on any atom is -0.480 e. The summed E-state index contributed by atoms with van der Waals surface area (Å²) < 4.78 is 17.5. The second-order valence-corrected chi connectivity index (χ2v) is 23.3. The van der Waals surface area contributed by atoms with Gasteiger partial charge < -0.3 is 61.2 Å². The van der Waals surface area contributed by atoms with Crippen LogP contribution in [0.4, 0.5) is 4.79 Å². The fourth-order valence-corrected chi connectivity index (χ4v) is 11.9. The SMILES string of the molecule is CC1CCCC(C)N1CC(=O)NCCC(=O)NCC(=O)N[C@@H](CCCCN=[N+]=[N-])C(=O)NCCO[SiH2]OC(C)(C)COCCCSCCC(=O)N[C@@H](CCCCNC(=O)CCCCC1SCC2NC(=O)NC21)C(=O)O. The molecule has 0 spiro atoms. The molecule has 426 valence electrons. The number of carboxylic acids is 1. The predicted molar refractivity (Wildman–Crippen MR) is 290 cm³/mol. The fourth-order valence-electron chi connectivity index (χ4n) is 8.79. The van der Waals surface area contributed by atoms with E-state index in [1.165, 1.54) is 0 Å². The molecule has 3 aliphatic rings. The van der Waals surface area contributed by atoms with E-state index in [1.807, 2.05) is 25.6 Å². The number of unbranched alkanes of at least 4 members (excludes halogenated alkanes) is 3. The van der Waals surface area contributed by atoms with Crippen LogP contribution in [0.5, 0.6) is 0 Å². The van der Waals surface area contributed by atoms with Crippen LogP contribution in [0.2, 0.25) is 0 Å². The van der Waals surface area contributed by atoms with Crippen LogP contribution >= 0.6 is 23.5 Å². The Morgan fingerprint density at radius 3 is 2.31 bits per heavy atom. The maximum atomic E-state index is 13.1. The van der Waals surface area contributed by atoms with E-state index in [9.17, 15) is 43.5 Å². The minimum absolute atomic E-state index is 0.00255. The van der Waals surface area contributed by atoms with Gasteiger partial charge in [0.1, 0.15) is 12.1 Å². The van der Waals surface area contributed by atoms with Crippen molar-refractivity contribution in [3.05, 3.63) is 10.4 Å². The molecule has 24 nitrogen and oxygen atoms in total. The Hall–Kier alpha value is -4.37. The third-order valence-electron chi connectivity index (χ3n) is 13.1. The lowest BCUT2D eigenvalue weighted by atomic mass is 9.97. The highest BCUT2D eigenvalue weighted by Crippen LogP contribution is 2.33. The van der Waals surface area contributed by atoms with Crippen molar-refractivity contribution in [1.29, 1.82) is 0 Å². The van der Waals surface area contributed by atoms with Crippen molar-refractivity contribution in [2.75, 3.05) is 76.3 Å². The summed E-state index contributed by atoms with van der Waals surface area (Å²) in [7, 11) is -1.43. The fraction of sp³-hybridized carbons (Fsp3) is 0.833. The lowest BCUT2D eigenvalue weighted by Crippen LogP contribution is -2.50. The number of hydrogen-bond acceptors (Lipinski definition) is 15. The Balaban J connectivity index is 1.17. The number of nitrogens with one attached hydrogen (secondary N) is 8. The molecule has 5 unspecified atom stereocenters. The molecule has 0 aromatic heterocycles. The molecule has 0 aliphatic carbocycles. The van der Waals surface area contributed by atoms with Crippen LogP contribution in [0.25, 0.3) is 10.4 Å². The van der Waals surface area contributed by atoms with Crippen LogP contribution in [-0.2, 0) is 47.2 Å². The Labute approximate surface area is 453 Å². The number of piperidine rings is 1. The van der Waals surface area contributed by atoms with Crippen LogP contribution in [0, 0.1) is 0 Å². The summed E-state index contributed by atoms with van der Waals surface area (Å²) in [6.45, 7) is 9.93. The maximum Gasteiger partial charge on any atom is 0.326 e.